The van der Waals surface area contributed by atoms with Gasteiger partial charge in [-0.1, -0.05) is 11.6 Å². The minimum atomic E-state index is -3.30. The highest BCUT2D eigenvalue weighted by Gasteiger charge is 2.12. The van der Waals surface area contributed by atoms with Crippen LogP contribution in [0.3, 0.4) is 0 Å². The predicted octanol–water partition coefficient (Wildman–Crippen LogP) is 3.70. The van der Waals surface area contributed by atoms with E-state index in [-0.39, 0.29) is 14.4 Å². The van der Waals surface area contributed by atoms with Gasteiger partial charge in [-0.3, -0.25) is 0 Å². The van der Waals surface area contributed by atoms with Crippen molar-refractivity contribution in [2.75, 3.05) is 17.9 Å². The molecule has 1 heterocycles. The molecule has 0 aliphatic carbocycles. The molecule has 0 spiro atoms. The lowest BCUT2D eigenvalue weighted by Crippen LogP contribution is -2.17. The molecule has 0 saturated carbocycles. The summed E-state index contributed by atoms with van der Waals surface area (Å²) in [5.41, 5.74) is -0.784. The van der Waals surface area contributed by atoms with Crippen LogP contribution in [0.15, 0.2) is 22.6 Å². The molecule has 1 aromatic carbocycles. The van der Waals surface area contributed by atoms with E-state index < -0.39 is 49.6 Å². The molecule has 0 bridgehead atoms. The molecule has 3 heteroatoms. The van der Waals surface area contributed by atoms with Gasteiger partial charge in [0.05, 0.1) is 9.13 Å². The summed E-state index contributed by atoms with van der Waals surface area (Å²) in [4.78, 5) is 0.0705. The van der Waals surface area contributed by atoms with Crippen molar-refractivity contribution in [1.82, 2.24) is 0 Å². The molecular formula is C10H11BrClN. The lowest BCUT2D eigenvalue weighted by atomic mass is 10.3. The van der Waals surface area contributed by atoms with Gasteiger partial charge in [0.15, 0.2) is 0 Å². The monoisotopic (exact) mass is 270 g/mol. The van der Waals surface area contributed by atoms with E-state index in [4.69, 9.17) is 26.7 Å². The van der Waals surface area contributed by atoms with Gasteiger partial charge < -0.3 is 4.90 Å². The summed E-state index contributed by atoms with van der Waals surface area (Å²) in [6.45, 7) is -6.48. The second kappa shape index (κ2) is 3.89. The third kappa shape index (κ3) is 2.00. The van der Waals surface area contributed by atoms with Gasteiger partial charge in [0, 0.05) is 34.1 Å². The zero-order valence-electron chi connectivity index (χ0n) is 17.2. The molecule has 0 atom stereocenters. The van der Waals surface area contributed by atoms with Crippen molar-refractivity contribution in [3.8, 4) is 0 Å². The molecular weight excluding hydrogens is 249 g/mol. The summed E-state index contributed by atoms with van der Waals surface area (Å²) in [5.74, 6) is 0. The summed E-state index contributed by atoms with van der Waals surface area (Å²) in [7, 11) is 0. The second-order valence-corrected chi connectivity index (χ2v) is 3.33. The molecule has 1 aromatic rings. The van der Waals surface area contributed by atoms with Crippen LogP contribution >= 0.6 is 27.5 Å². The maximum atomic E-state index is 7.97. The molecule has 1 aliphatic heterocycles. The Bertz CT molecular complexity index is 664. The standard InChI is InChI=1S/C10H11BrClN/c11-9-4-3-8(7-10(9)12)13-5-1-2-6-13/h3-4,7H,1-2,5-6H2/i1D2,2D2,3D,4D,5D2,6D2,7D. The lowest BCUT2D eigenvalue weighted by molar-refractivity contribution is 0.949. The number of nitrogens with zero attached hydrogens (tertiary/aromatic N) is 1. The lowest BCUT2D eigenvalue weighted by Gasteiger charge is -2.17. The zero-order valence-corrected chi connectivity index (χ0v) is 8.55. The predicted molar refractivity (Wildman–Crippen MR) is 60.6 cm³/mol. The number of hydrogen-bond donors (Lipinski definition) is 0. The maximum absolute atomic E-state index is 7.97. The summed E-state index contributed by atoms with van der Waals surface area (Å²) in [5, 5.41) is -0.384. The van der Waals surface area contributed by atoms with Gasteiger partial charge in [-0.2, -0.15) is 0 Å². The molecule has 0 amide bonds. The fourth-order valence-corrected chi connectivity index (χ4v) is 1.11. The Hall–Kier alpha value is -0.210. The van der Waals surface area contributed by atoms with Gasteiger partial charge in [0.25, 0.3) is 0 Å². The van der Waals surface area contributed by atoms with Crippen LogP contribution in [0.5, 0.6) is 0 Å². The Morgan fingerprint density at radius 1 is 1.46 bits per heavy atom. The van der Waals surface area contributed by atoms with Crippen LogP contribution in [-0.4, -0.2) is 13.0 Å². The van der Waals surface area contributed by atoms with Crippen molar-refractivity contribution in [2.45, 2.75) is 12.7 Å². The maximum Gasteiger partial charge on any atom is 0.0661 e. The van der Waals surface area contributed by atoms with Crippen molar-refractivity contribution >= 4 is 33.2 Å². The van der Waals surface area contributed by atoms with Gasteiger partial charge in [-0.15, -0.1) is 0 Å². The number of benzene rings is 1. The molecule has 1 saturated heterocycles. The first-order valence-corrected chi connectivity index (χ1v) is 4.47. The van der Waals surface area contributed by atoms with Gasteiger partial charge in [-0.05, 0) is 46.8 Å². The minimum absolute atomic E-state index is 0.0705. The molecule has 13 heavy (non-hydrogen) atoms. The average Bonchev–Trinajstić information content (AvgIpc) is 2.52. The van der Waals surface area contributed by atoms with E-state index in [1.54, 1.807) is 0 Å². The molecule has 0 unspecified atom stereocenters. The molecule has 0 radical (unpaired) electrons. The van der Waals surface area contributed by atoms with Gasteiger partial charge in [-0.25, -0.2) is 0 Å². The number of hydrogen-bond acceptors (Lipinski definition) is 1. The molecule has 1 nitrogen and oxygen atoms in total. The summed E-state index contributed by atoms with van der Waals surface area (Å²) >= 11 is 8.78. The minimum Gasteiger partial charge on any atom is -0.371 e. The van der Waals surface area contributed by atoms with Crippen molar-refractivity contribution in [3.05, 3.63) is 27.6 Å². The van der Waals surface area contributed by atoms with E-state index in [0.29, 0.717) is 0 Å². The summed E-state index contributed by atoms with van der Waals surface area (Å²) < 4.78 is 86.3. The van der Waals surface area contributed by atoms with E-state index in [1.807, 2.05) is 0 Å². The van der Waals surface area contributed by atoms with Crippen LogP contribution in [0, 0.1) is 0 Å². The highest BCUT2D eigenvalue weighted by molar-refractivity contribution is 9.10. The summed E-state index contributed by atoms with van der Waals surface area (Å²) in [6.07, 6.45) is -6.60. The third-order valence-electron chi connectivity index (χ3n) is 1.33. The van der Waals surface area contributed by atoms with E-state index in [9.17, 15) is 0 Å². The molecule has 70 valence electrons. The highest BCUT2D eigenvalue weighted by Crippen LogP contribution is 2.29. The molecule has 0 aromatic heterocycles. The van der Waals surface area contributed by atoms with Gasteiger partial charge in [0.2, 0.25) is 0 Å². The second-order valence-electron chi connectivity index (χ2n) is 2.16. The van der Waals surface area contributed by atoms with Crippen LogP contribution in [0.25, 0.3) is 0 Å². The average molecular weight is 272 g/mol. The molecule has 1 aliphatic rings. The Labute approximate surface area is 107 Å². The van der Waals surface area contributed by atoms with Crippen LogP contribution in [0.1, 0.15) is 27.8 Å². The number of rotatable bonds is 1. The van der Waals surface area contributed by atoms with Crippen molar-refractivity contribution in [1.29, 1.82) is 0 Å². The van der Waals surface area contributed by atoms with Crippen LogP contribution in [0.4, 0.5) is 5.69 Å². The number of anilines is 1. The number of halogens is 2. The van der Waals surface area contributed by atoms with Crippen LogP contribution in [0.2, 0.25) is 5.02 Å². The van der Waals surface area contributed by atoms with E-state index in [0.717, 1.165) is 0 Å². The Balaban J connectivity index is 2.92. The smallest absolute Gasteiger partial charge is 0.0661 e. The molecule has 0 N–H and O–H groups in total. The van der Waals surface area contributed by atoms with Crippen LogP contribution in [-0.2, 0) is 0 Å². The normalized spacial score (nSPS) is 44.5. The first-order valence-electron chi connectivity index (χ1n) is 8.80. The van der Waals surface area contributed by atoms with Crippen molar-refractivity contribution < 1.29 is 15.1 Å². The highest BCUT2D eigenvalue weighted by atomic mass is 79.9. The fraction of sp³-hybridized carbons (Fsp3) is 0.400. The molecule has 1 fully saturated rings. The first kappa shape index (κ1) is 2.89. The van der Waals surface area contributed by atoms with E-state index in [2.05, 4.69) is 15.9 Å². The van der Waals surface area contributed by atoms with E-state index in [1.165, 1.54) is 0 Å². The fourth-order valence-electron chi connectivity index (χ4n) is 0.778. The van der Waals surface area contributed by atoms with Gasteiger partial charge in [0.1, 0.15) is 0 Å². The summed E-state index contributed by atoms with van der Waals surface area (Å²) in [6, 6.07) is -2.02. The third-order valence-corrected chi connectivity index (χ3v) is 2.44. The SMILES string of the molecule is [2H]c1c([2H])c(N2C([2H])([2H])C([2H])([2H])C([2H])([2H])C2([2H])[2H])c([2H])c(Cl)c1Br. The Morgan fingerprint density at radius 3 is 2.85 bits per heavy atom. The van der Waals surface area contributed by atoms with Crippen molar-refractivity contribution in [2.24, 2.45) is 0 Å². The quantitative estimate of drug-likeness (QED) is 0.753. The first-order chi connectivity index (χ1) is 10.5. The van der Waals surface area contributed by atoms with Crippen LogP contribution < -0.4 is 4.90 Å². The topological polar surface area (TPSA) is 3.24 Å². The Kier molecular flexibility index (Phi) is 0.865. The van der Waals surface area contributed by atoms with Crippen molar-refractivity contribution in [3.63, 3.8) is 0 Å². The Morgan fingerprint density at radius 2 is 2.15 bits per heavy atom. The van der Waals surface area contributed by atoms with E-state index >= 15 is 0 Å². The largest absolute Gasteiger partial charge is 0.371 e. The zero-order chi connectivity index (χ0) is 19.0. The van der Waals surface area contributed by atoms with Gasteiger partial charge >= 0.3 is 0 Å². The molecule has 2 rings (SSSR count).